The van der Waals surface area contributed by atoms with Crippen molar-refractivity contribution in [2.75, 3.05) is 5.32 Å². The number of benzene rings is 1. The normalized spacial score (nSPS) is 20.4. The second kappa shape index (κ2) is 6.57. The van der Waals surface area contributed by atoms with Gasteiger partial charge in [0.15, 0.2) is 0 Å². The summed E-state index contributed by atoms with van der Waals surface area (Å²) in [6, 6.07) is 3.68. The van der Waals surface area contributed by atoms with E-state index >= 15 is 0 Å². The lowest BCUT2D eigenvalue weighted by Crippen LogP contribution is -2.34. The number of carbonyl (C=O) groups excluding carboxylic acids is 1. The second-order valence-electron chi connectivity index (χ2n) is 4.90. The van der Waals surface area contributed by atoms with E-state index in [0.717, 1.165) is 6.07 Å². The maximum Gasteiger partial charge on any atom is 0.307 e. The standard InChI is InChI=1S/C14H13ClN2O5/c15-11-7-8(17(21)22)5-6-12(11)16-13(18)9-3-1-2-4-10(9)14(19)20/h1-2,5-7,9-10H,3-4H2,(H,16,18)(H,19,20)/t9-,10-/m1/s1. The lowest BCUT2D eigenvalue weighted by Gasteiger charge is -2.24. The highest BCUT2D eigenvalue weighted by atomic mass is 35.5. The average Bonchev–Trinajstić information content (AvgIpc) is 2.48. The number of nitrogens with one attached hydrogen (secondary N) is 1. The Labute approximate surface area is 130 Å². The fourth-order valence-corrected chi connectivity index (χ4v) is 2.54. The topological polar surface area (TPSA) is 110 Å². The molecular formula is C14H13ClN2O5. The summed E-state index contributed by atoms with van der Waals surface area (Å²) in [7, 11) is 0. The van der Waals surface area contributed by atoms with Crippen LogP contribution in [-0.4, -0.2) is 21.9 Å². The smallest absolute Gasteiger partial charge is 0.307 e. The summed E-state index contributed by atoms with van der Waals surface area (Å²) in [4.78, 5) is 33.5. The van der Waals surface area contributed by atoms with Gasteiger partial charge in [-0.3, -0.25) is 19.7 Å². The molecular weight excluding hydrogens is 312 g/mol. The van der Waals surface area contributed by atoms with Gasteiger partial charge in [0.2, 0.25) is 5.91 Å². The molecule has 7 nitrogen and oxygen atoms in total. The maximum absolute atomic E-state index is 12.3. The van der Waals surface area contributed by atoms with Crippen LogP contribution < -0.4 is 5.32 Å². The van der Waals surface area contributed by atoms with E-state index in [1.807, 2.05) is 0 Å². The van der Waals surface area contributed by atoms with Gasteiger partial charge in [0.1, 0.15) is 0 Å². The SMILES string of the molecule is O=C(O)[C@@H]1CC=CC[C@H]1C(=O)Nc1ccc([N+](=O)[O-])cc1Cl. The molecule has 0 saturated carbocycles. The van der Waals surface area contributed by atoms with E-state index in [2.05, 4.69) is 5.32 Å². The number of aliphatic carboxylic acids is 1. The molecule has 2 rings (SSSR count). The summed E-state index contributed by atoms with van der Waals surface area (Å²) >= 11 is 5.91. The number of anilines is 1. The zero-order chi connectivity index (χ0) is 16.3. The van der Waals surface area contributed by atoms with Gasteiger partial charge in [-0.05, 0) is 18.9 Å². The number of rotatable bonds is 4. The second-order valence-corrected chi connectivity index (χ2v) is 5.31. The molecule has 0 radical (unpaired) electrons. The minimum atomic E-state index is -1.03. The molecule has 0 spiro atoms. The molecule has 2 N–H and O–H groups in total. The van der Waals surface area contributed by atoms with Gasteiger partial charge in [0.25, 0.3) is 5.69 Å². The number of allylic oxidation sites excluding steroid dienone is 2. The molecule has 0 heterocycles. The quantitative estimate of drug-likeness (QED) is 0.502. The predicted octanol–water partition coefficient (Wildman–Crippen LogP) is 2.85. The monoisotopic (exact) mass is 324 g/mol. The van der Waals surface area contributed by atoms with Crippen molar-refractivity contribution in [1.82, 2.24) is 0 Å². The van der Waals surface area contributed by atoms with Gasteiger partial charge >= 0.3 is 5.97 Å². The van der Waals surface area contributed by atoms with Gasteiger partial charge in [-0.2, -0.15) is 0 Å². The Morgan fingerprint density at radius 3 is 2.45 bits per heavy atom. The summed E-state index contributed by atoms with van der Waals surface area (Å²) < 4.78 is 0. The molecule has 1 aromatic rings. The molecule has 0 unspecified atom stereocenters. The third kappa shape index (κ3) is 3.43. The molecule has 1 aromatic carbocycles. The third-order valence-electron chi connectivity index (χ3n) is 3.51. The lowest BCUT2D eigenvalue weighted by molar-refractivity contribution is -0.384. The van der Waals surface area contributed by atoms with Crippen LogP contribution in [0, 0.1) is 22.0 Å². The van der Waals surface area contributed by atoms with Gasteiger partial charge in [-0.1, -0.05) is 23.8 Å². The highest BCUT2D eigenvalue weighted by Crippen LogP contribution is 2.30. The van der Waals surface area contributed by atoms with Crippen molar-refractivity contribution >= 4 is 34.9 Å². The van der Waals surface area contributed by atoms with Gasteiger partial charge < -0.3 is 10.4 Å². The number of nitro groups is 1. The highest BCUT2D eigenvalue weighted by Gasteiger charge is 2.34. The largest absolute Gasteiger partial charge is 0.481 e. The first-order valence-electron chi connectivity index (χ1n) is 6.52. The van der Waals surface area contributed by atoms with Crippen LogP contribution in [0.3, 0.4) is 0 Å². The van der Waals surface area contributed by atoms with E-state index in [9.17, 15) is 19.7 Å². The van der Waals surface area contributed by atoms with Crippen LogP contribution >= 0.6 is 11.6 Å². The zero-order valence-corrected chi connectivity index (χ0v) is 12.1. The molecule has 0 bridgehead atoms. The molecule has 22 heavy (non-hydrogen) atoms. The van der Waals surface area contributed by atoms with Gasteiger partial charge in [0, 0.05) is 12.1 Å². The third-order valence-corrected chi connectivity index (χ3v) is 3.82. The minimum Gasteiger partial charge on any atom is -0.481 e. The molecule has 2 atom stereocenters. The van der Waals surface area contributed by atoms with Gasteiger partial charge in [-0.25, -0.2) is 0 Å². The van der Waals surface area contributed by atoms with E-state index in [0.29, 0.717) is 12.8 Å². The van der Waals surface area contributed by atoms with E-state index < -0.39 is 28.6 Å². The van der Waals surface area contributed by atoms with E-state index in [4.69, 9.17) is 16.7 Å². The summed E-state index contributed by atoms with van der Waals surface area (Å²) in [5.74, 6) is -2.98. The molecule has 0 aliphatic heterocycles. The molecule has 0 fully saturated rings. The maximum atomic E-state index is 12.3. The molecule has 1 aliphatic carbocycles. The number of halogens is 1. The molecule has 116 valence electrons. The van der Waals surface area contributed by atoms with E-state index in [-0.39, 0.29) is 16.4 Å². The zero-order valence-electron chi connectivity index (χ0n) is 11.4. The molecule has 0 aromatic heterocycles. The van der Waals surface area contributed by atoms with E-state index in [1.54, 1.807) is 12.2 Å². The van der Waals surface area contributed by atoms with Crippen LogP contribution in [0.4, 0.5) is 11.4 Å². The lowest BCUT2D eigenvalue weighted by atomic mass is 9.82. The first kappa shape index (κ1) is 16.0. The van der Waals surface area contributed by atoms with Crippen molar-refractivity contribution in [3.8, 4) is 0 Å². The van der Waals surface area contributed by atoms with Crippen LogP contribution in [0.5, 0.6) is 0 Å². The van der Waals surface area contributed by atoms with Crippen molar-refractivity contribution in [1.29, 1.82) is 0 Å². The molecule has 0 saturated heterocycles. The number of carbonyl (C=O) groups is 2. The summed E-state index contributed by atoms with van der Waals surface area (Å²) in [5.41, 5.74) is 0.0305. The van der Waals surface area contributed by atoms with Gasteiger partial charge in [0.05, 0.1) is 27.5 Å². The molecule has 1 amide bonds. The number of amides is 1. The van der Waals surface area contributed by atoms with Crippen LogP contribution in [-0.2, 0) is 9.59 Å². The van der Waals surface area contributed by atoms with Crippen molar-refractivity contribution in [2.45, 2.75) is 12.8 Å². The van der Waals surface area contributed by atoms with Crippen LogP contribution in [0.15, 0.2) is 30.4 Å². The van der Waals surface area contributed by atoms with Crippen molar-refractivity contribution in [3.05, 3.63) is 45.5 Å². The number of nitro benzene ring substituents is 1. The average molecular weight is 325 g/mol. The highest BCUT2D eigenvalue weighted by molar-refractivity contribution is 6.34. The first-order chi connectivity index (χ1) is 10.4. The fraction of sp³-hybridized carbons (Fsp3) is 0.286. The first-order valence-corrected chi connectivity index (χ1v) is 6.90. The number of carboxylic acid groups (broad SMARTS) is 1. The Balaban J connectivity index is 2.16. The minimum absolute atomic E-state index is 0.0285. The Bertz CT molecular complexity index is 659. The summed E-state index contributed by atoms with van der Waals surface area (Å²) in [6.45, 7) is 0. The Kier molecular flexibility index (Phi) is 4.77. The molecule has 8 heteroatoms. The van der Waals surface area contributed by atoms with Crippen molar-refractivity contribution in [2.24, 2.45) is 11.8 Å². The number of nitrogens with zero attached hydrogens (tertiary/aromatic N) is 1. The Hall–Kier alpha value is -2.41. The van der Waals surface area contributed by atoms with E-state index in [1.165, 1.54) is 12.1 Å². The van der Waals surface area contributed by atoms with Crippen LogP contribution in [0.1, 0.15) is 12.8 Å². The number of carboxylic acids is 1. The van der Waals surface area contributed by atoms with Crippen molar-refractivity contribution in [3.63, 3.8) is 0 Å². The van der Waals surface area contributed by atoms with Gasteiger partial charge in [-0.15, -0.1) is 0 Å². The predicted molar refractivity (Wildman–Crippen MR) is 79.7 cm³/mol. The van der Waals surface area contributed by atoms with Crippen LogP contribution in [0.25, 0.3) is 0 Å². The Morgan fingerprint density at radius 2 is 1.91 bits per heavy atom. The molecule has 1 aliphatic rings. The number of hydrogen-bond acceptors (Lipinski definition) is 4. The number of hydrogen-bond donors (Lipinski definition) is 2. The summed E-state index contributed by atoms with van der Waals surface area (Å²) in [5, 5.41) is 22.4. The summed E-state index contributed by atoms with van der Waals surface area (Å²) in [6.07, 6.45) is 4.12. The number of non-ortho nitro benzene ring substituents is 1. The van der Waals surface area contributed by atoms with Crippen molar-refractivity contribution < 1.29 is 19.6 Å². The fourth-order valence-electron chi connectivity index (χ4n) is 2.32. The Morgan fingerprint density at radius 1 is 1.27 bits per heavy atom. The van der Waals surface area contributed by atoms with Crippen LogP contribution in [0.2, 0.25) is 5.02 Å².